The first-order valence-corrected chi connectivity index (χ1v) is 8.57. The largest absolute Gasteiger partial charge is 0.323 e. The van der Waals surface area contributed by atoms with Crippen molar-refractivity contribution in [3.05, 3.63) is 64.0 Å². The van der Waals surface area contributed by atoms with Gasteiger partial charge in [0.1, 0.15) is 0 Å². The molecule has 0 bridgehead atoms. The number of nitrogens with one attached hydrogen (secondary N) is 2. The minimum absolute atomic E-state index is 0.249. The van der Waals surface area contributed by atoms with Gasteiger partial charge in [-0.15, -0.1) is 11.3 Å². The number of benzene rings is 2. The van der Waals surface area contributed by atoms with Gasteiger partial charge in [-0.25, -0.2) is 9.78 Å². The van der Waals surface area contributed by atoms with Crippen molar-refractivity contribution in [1.29, 1.82) is 0 Å². The van der Waals surface area contributed by atoms with E-state index < -0.39 is 0 Å². The molecule has 0 fully saturated rings. The molecule has 0 atom stereocenters. The molecule has 3 aromatic rings. The van der Waals surface area contributed by atoms with Crippen LogP contribution in [-0.2, 0) is 0 Å². The number of anilines is 2. The molecular weight excluding hydrogens is 318 g/mol. The van der Waals surface area contributed by atoms with Crippen LogP contribution >= 0.6 is 11.3 Å². The third-order valence-corrected chi connectivity index (χ3v) is 4.68. The molecule has 2 N–H and O–H groups in total. The third-order valence-electron chi connectivity index (χ3n) is 3.91. The fourth-order valence-electron chi connectivity index (χ4n) is 2.39. The molecule has 5 heteroatoms. The molecule has 24 heavy (non-hydrogen) atoms. The predicted octanol–water partition coefficient (Wildman–Crippen LogP) is 5.38. The standard InChI is InChI=1S/C19H19N3OS/c1-12-5-4-6-17(13(12)2)22-19(23)21-16-9-7-15(8-10-16)18-11-24-14(3)20-18/h4-11H,1-3H3,(H2,21,22,23). The van der Waals surface area contributed by atoms with Gasteiger partial charge in [-0.2, -0.15) is 0 Å². The number of aromatic nitrogens is 1. The molecule has 4 nitrogen and oxygen atoms in total. The second kappa shape index (κ2) is 6.84. The first-order valence-electron chi connectivity index (χ1n) is 7.70. The summed E-state index contributed by atoms with van der Waals surface area (Å²) in [5.74, 6) is 0. The van der Waals surface area contributed by atoms with Gasteiger partial charge in [0.15, 0.2) is 0 Å². The van der Waals surface area contributed by atoms with Gasteiger partial charge in [-0.05, 0) is 50.1 Å². The van der Waals surface area contributed by atoms with Gasteiger partial charge in [0.25, 0.3) is 0 Å². The maximum atomic E-state index is 12.2. The molecule has 0 radical (unpaired) electrons. The highest BCUT2D eigenvalue weighted by molar-refractivity contribution is 7.09. The molecule has 0 aliphatic rings. The molecular formula is C19H19N3OS. The zero-order valence-corrected chi connectivity index (χ0v) is 14.7. The lowest BCUT2D eigenvalue weighted by Crippen LogP contribution is -2.20. The number of hydrogen-bond donors (Lipinski definition) is 2. The minimum Gasteiger partial charge on any atom is -0.308 e. The Morgan fingerprint density at radius 3 is 2.42 bits per heavy atom. The van der Waals surface area contributed by atoms with Crippen LogP contribution in [0.2, 0.25) is 0 Å². The molecule has 0 spiro atoms. The molecule has 122 valence electrons. The minimum atomic E-state index is -0.249. The van der Waals surface area contributed by atoms with Crippen LogP contribution in [0.5, 0.6) is 0 Å². The Hall–Kier alpha value is -2.66. The van der Waals surface area contributed by atoms with Crippen molar-refractivity contribution in [1.82, 2.24) is 4.98 Å². The Morgan fingerprint density at radius 2 is 1.75 bits per heavy atom. The second-order valence-electron chi connectivity index (χ2n) is 5.66. The molecule has 0 aliphatic carbocycles. The lowest BCUT2D eigenvalue weighted by atomic mass is 10.1. The number of urea groups is 1. The Bertz CT molecular complexity index is 869. The third kappa shape index (κ3) is 3.63. The van der Waals surface area contributed by atoms with Crippen LogP contribution in [0.25, 0.3) is 11.3 Å². The SMILES string of the molecule is Cc1nc(-c2ccc(NC(=O)Nc3cccc(C)c3C)cc2)cs1. The number of carbonyl (C=O) groups is 1. The van der Waals surface area contributed by atoms with E-state index in [9.17, 15) is 4.79 Å². The van der Waals surface area contributed by atoms with E-state index in [-0.39, 0.29) is 6.03 Å². The quantitative estimate of drug-likeness (QED) is 0.674. The van der Waals surface area contributed by atoms with Gasteiger partial charge < -0.3 is 10.6 Å². The van der Waals surface area contributed by atoms with Gasteiger partial charge >= 0.3 is 6.03 Å². The topological polar surface area (TPSA) is 54.0 Å². The number of hydrogen-bond acceptors (Lipinski definition) is 3. The Morgan fingerprint density at radius 1 is 1.00 bits per heavy atom. The molecule has 0 saturated carbocycles. The van der Waals surface area contributed by atoms with E-state index in [4.69, 9.17) is 0 Å². The zero-order valence-electron chi connectivity index (χ0n) is 13.9. The summed E-state index contributed by atoms with van der Waals surface area (Å²) in [6.07, 6.45) is 0. The van der Waals surface area contributed by atoms with E-state index in [0.29, 0.717) is 0 Å². The van der Waals surface area contributed by atoms with Crippen LogP contribution < -0.4 is 10.6 Å². The van der Waals surface area contributed by atoms with Crippen molar-refractivity contribution in [2.75, 3.05) is 10.6 Å². The fourth-order valence-corrected chi connectivity index (χ4v) is 3.01. The van der Waals surface area contributed by atoms with Gasteiger partial charge in [0.05, 0.1) is 10.7 Å². The summed E-state index contributed by atoms with van der Waals surface area (Å²) in [4.78, 5) is 16.6. The normalized spacial score (nSPS) is 10.5. The van der Waals surface area contributed by atoms with Crippen LogP contribution in [0.1, 0.15) is 16.1 Å². The lowest BCUT2D eigenvalue weighted by Gasteiger charge is -2.11. The summed E-state index contributed by atoms with van der Waals surface area (Å²) >= 11 is 1.63. The van der Waals surface area contributed by atoms with E-state index >= 15 is 0 Å². The molecule has 1 aromatic heterocycles. The number of nitrogens with zero attached hydrogens (tertiary/aromatic N) is 1. The average Bonchev–Trinajstić information content (AvgIpc) is 2.99. The number of rotatable bonds is 3. The highest BCUT2D eigenvalue weighted by Gasteiger charge is 2.07. The number of aryl methyl sites for hydroxylation is 2. The number of carbonyl (C=O) groups excluding carboxylic acids is 1. The smallest absolute Gasteiger partial charge is 0.308 e. The first-order chi connectivity index (χ1) is 11.5. The van der Waals surface area contributed by atoms with Gasteiger partial charge in [0, 0.05) is 22.3 Å². The van der Waals surface area contributed by atoms with E-state index in [1.807, 2.05) is 68.6 Å². The van der Waals surface area contributed by atoms with Crippen molar-refractivity contribution >= 4 is 28.7 Å². The molecule has 1 heterocycles. The summed E-state index contributed by atoms with van der Waals surface area (Å²) in [6, 6.07) is 13.3. The molecule has 2 aromatic carbocycles. The van der Waals surface area contributed by atoms with Crippen LogP contribution in [0.4, 0.5) is 16.2 Å². The van der Waals surface area contributed by atoms with Gasteiger partial charge in [-0.1, -0.05) is 24.3 Å². The van der Waals surface area contributed by atoms with Crippen molar-refractivity contribution < 1.29 is 4.79 Å². The summed E-state index contributed by atoms with van der Waals surface area (Å²) in [5, 5.41) is 8.82. The predicted molar refractivity (Wildman–Crippen MR) is 101 cm³/mol. The van der Waals surface area contributed by atoms with Crippen LogP contribution in [0.15, 0.2) is 47.8 Å². The zero-order chi connectivity index (χ0) is 17.1. The summed E-state index contributed by atoms with van der Waals surface area (Å²) in [6.45, 7) is 6.01. The highest BCUT2D eigenvalue weighted by Crippen LogP contribution is 2.23. The molecule has 0 unspecified atom stereocenters. The van der Waals surface area contributed by atoms with E-state index in [0.717, 1.165) is 38.8 Å². The van der Waals surface area contributed by atoms with Crippen molar-refractivity contribution in [2.45, 2.75) is 20.8 Å². The number of amides is 2. The average molecular weight is 337 g/mol. The summed E-state index contributed by atoms with van der Waals surface area (Å²) in [5.41, 5.74) is 5.79. The molecule has 2 amide bonds. The number of thiazole rings is 1. The highest BCUT2D eigenvalue weighted by atomic mass is 32.1. The Kier molecular flexibility index (Phi) is 4.62. The first kappa shape index (κ1) is 16.2. The van der Waals surface area contributed by atoms with Gasteiger partial charge in [-0.3, -0.25) is 0 Å². The van der Waals surface area contributed by atoms with Crippen molar-refractivity contribution in [3.63, 3.8) is 0 Å². The monoisotopic (exact) mass is 337 g/mol. The Labute approximate surface area is 145 Å². The van der Waals surface area contributed by atoms with Crippen LogP contribution in [-0.4, -0.2) is 11.0 Å². The maximum absolute atomic E-state index is 12.2. The van der Waals surface area contributed by atoms with Crippen LogP contribution in [0, 0.1) is 20.8 Å². The second-order valence-corrected chi connectivity index (χ2v) is 6.72. The van der Waals surface area contributed by atoms with E-state index in [1.165, 1.54) is 0 Å². The molecule has 0 saturated heterocycles. The van der Waals surface area contributed by atoms with Crippen molar-refractivity contribution in [3.8, 4) is 11.3 Å². The summed E-state index contributed by atoms with van der Waals surface area (Å²) < 4.78 is 0. The van der Waals surface area contributed by atoms with E-state index in [1.54, 1.807) is 11.3 Å². The van der Waals surface area contributed by atoms with Gasteiger partial charge in [0.2, 0.25) is 0 Å². The van der Waals surface area contributed by atoms with Crippen molar-refractivity contribution in [2.24, 2.45) is 0 Å². The lowest BCUT2D eigenvalue weighted by molar-refractivity contribution is 0.262. The molecule has 0 aliphatic heterocycles. The molecule has 3 rings (SSSR count). The summed E-state index contributed by atoms with van der Waals surface area (Å²) in [7, 11) is 0. The maximum Gasteiger partial charge on any atom is 0.323 e. The van der Waals surface area contributed by atoms with Crippen LogP contribution in [0.3, 0.4) is 0 Å². The Balaban J connectivity index is 1.67. The fraction of sp³-hybridized carbons (Fsp3) is 0.158. The van der Waals surface area contributed by atoms with E-state index in [2.05, 4.69) is 15.6 Å².